The SMILES string of the molecule is O=C1CCC(N2Cc3cc(N4CCC(CN5CCC(c6ccc(-c7cnc8[nH]cc(C(=O)c9c(F)ccc(NS(=O)(=O)N%10CC[C@@H](F)C%10)c9F)c8c7)cc6)CC5)CC4)ccc3C2=O)C(=O)N1. The number of H-pyrrole nitrogens is 1. The van der Waals surface area contributed by atoms with Gasteiger partial charge in [-0.3, -0.25) is 29.2 Å². The van der Waals surface area contributed by atoms with Crippen LogP contribution in [0.15, 0.2) is 73.1 Å². The van der Waals surface area contributed by atoms with E-state index in [1.807, 2.05) is 29.0 Å². The van der Waals surface area contributed by atoms with Gasteiger partial charge in [0.25, 0.3) is 5.91 Å². The number of aromatic nitrogens is 2. The zero-order valence-electron chi connectivity index (χ0n) is 36.1. The largest absolute Gasteiger partial charge is 0.372 e. The molecule has 3 amide bonds. The average molecular weight is 923 g/mol. The molecule has 0 bridgehead atoms. The van der Waals surface area contributed by atoms with E-state index in [0.717, 1.165) is 91.7 Å². The van der Waals surface area contributed by atoms with Gasteiger partial charge in [0.1, 0.15) is 23.7 Å². The van der Waals surface area contributed by atoms with Crippen LogP contribution >= 0.6 is 0 Å². The van der Waals surface area contributed by atoms with Gasteiger partial charge in [0.05, 0.1) is 11.3 Å². The van der Waals surface area contributed by atoms with Gasteiger partial charge in [-0.2, -0.15) is 12.7 Å². The quantitative estimate of drug-likeness (QED) is 0.102. The summed E-state index contributed by atoms with van der Waals surface area (Å²) in [6.45, 7) is 4.83. The zero-order valence-corrected chi connectivity index (χ0v) is 36.9. The van der Waals surface area contributed by atoms with Crippen LogP contribution in [0.3, 0.4) is 0 Å². The van der Waals surface area contributed by atoms with E-state index in [2.05, 4.69) is 43.3 Å². The lowest BCUT2D eigenvalue weighted by atomic mass is 9.87. The van der Waals surface area contributed by atoms with Crippen molar-refractivity contribution in [3.63, 3.8) is 0 Å². The lowest BCUT2D eigenvalue weighted by Crippen LogP contribution is -2.52. The number of anilines is 2. The van der Waals surface area contributed by atoms with E-state index >= 15 is 8.78 Å². The van der Waals surface area contributed by atoms with Gasteiger partial charge in [0.15, 0.2) is 5.82 Å². The van der Waals surface area contributed by atoms with E-state index in [4.69, 9.17) is 0 Å². The number of nitrogens with one attached hydrogen (secondary N) is 3. The van der Waals surface area contributed by atoms with Gasteiger partial charge in [-0.1, -0.05) is 24.3 Å². The van der Waals surface area contributed by atoms with Crippen molar-refractivity contribution in [2.75, 3.05) is 55.4 Å². The van der Waals surface area contributed by atoms with Gasteiger partial charge in [-0.05, 0) is 117 Å². The van der Waals surface area contributed by atoms with E-state index in [1.165, 1.54) is 11.8 Å². The van der Waals surface area contributed by atoms with Crippen LogP contribution in [0, 0.1) is 17.6 Å². The highest BCUT2D eigenvalue weighted by molar-refractivity contribution is 7.90. The smallest absolute Gasteiger partial charge is 0.301 e. The summed E-state index contributed by atoms with van der Waals surface area (Å²) in [5, 5.41) is 2.71. The van der Waals surface area contributed by atoms with Gasteiger partial charge in [-0.15, -0.1) is 0 Å². The number of alkyl halides is 1. The number of piperidine rings is 3. The molecule has 18 heteroatoms. The van der Waals surface area contributed by atoms with Crippen molar-refractivity contribution in [3.05, 3.63) is 113 Å². The number of likely N-dealkylation sites (tertiary alicyclic amines) is 1. The highest BCUT2D eigenvalue weighted by Crippen LogP contribution is 2.36. The standard InChI is InChI=1S/C48H49F3N8O6S/c49-34-15-20-58(27-34)66(64,65)55-40-8-7-39(50)43(44(40)51)45(61)38-24-53-46-37(38)22-32(23-52-46)30-3-1-29(2-4-30)31-13-16-56(17-14-31)25-28-11-18-57(19-12-28)35-5-6-36-33(21-35)26-59(48(36)63)41-9-10-42(60)54-47(41)62/h1-8,21-24,28,31,34,41,55H,9-20,25-27H2,(H,52,53)(H,54,60,62)/t34-,41?/m1/s1. The number of carbonyl (C=O) groups is 4. The third kappa shape index (κ3) is 8.45. The number of amides is 3. The van der Waals surface area contributed by atoms with Crippen molar-refractivity contribution in [1.29, 1.82) is 0 Å². The summed E-state index contributed by atoms with van der Waals surface area (Å²) in [6, 6.07) is 17.1. The van der Waals surface area contributed by atoms with Crippen molar-refractivity contribution in [3.8, 4) is 11.1 Å². The summed E-state index contributed by atoms with van der Waals surface area (Å²) < 4.78 is 73.1. The Hall–Kier alpha value is -6.11. The molecule has 7 heterocycles. The lowest BCUT2D eigenvalue weighted by Gasteiger charge is -2.38. The van der Waals surface area contributed by atoms with E-state index in [9.17, 15) is 32.0 Å². The molecule has 66 heavy (non-hydrogen) atoms. The minimum Gasteiger partial charge on any atom is -0.372 e. The van der Waals surface area contributed by atoms with Gasteiger partial charge in [0, 0.05) is 85.8 Å². The number of ketones is 1. The molecule has 344 valence electrons. The normalized spacial score (nSPS) is 21.5. The molecule has 0 spiro atoms. The Morgan fingerprint density at radius 3 is 2.36 bits per heavy atom. The molecular formula is C48H49F3N8O6S. The van der Waals surface area contributed by atoms with E-state index in [0.29, 0.717) is 47.0 Å². The molecule has 5 aliphatic heterocycles. The van der Waals surface area contributed by atoms with Gasteiger partial charge in [0.2, 0.25) is 17.6 Å². The molecule has 5 aliphatic rings. The summed E-state index contributed by atoms with van der Waals surface area (Å²) in [5.41, 5.74) is 4.18. The Kier molecular flexibility index (Phi) is 11.7. The summed E-state index contributed by atoms with van der Waals surface area (Å²) >= 11 is 0. The Bertz CT molecular complexity index is 2860. The number of hydrogen-bond acceptors (Lipinski definition) is 9. The topological polar surface area (TPSA) is 168 Å². The molecule has 3 aromatic carbocycles. The number of imide groups is 1. The Morgan fingerprint density at radius 2 is 1.64 bits per heavy atom. The number of hydrogen-bond donors (Lipinski definition) is 3. The molecule has 4 fully saturated rings. The van der Waals surface area contributed by atoms with Crippen molar-refractivity contribution < 1.29 is 40.8 Å². The highest BCUT2D eigenvalue weighted by Gasteiger charge is 2.40. The zero-order chi connectivity index (χ0) is 45.9. The van der Waals surface area contributed by atoms with Crippen LogP contribution in [0.25, 0.3) is 22.2 Å². The number of aromatic amines is 1. The average Bonchev–Trinajstić information content (AvgIpc) is 4.04. The number of pyridine rings is 1. The first-order chi connectivity index (χ1) is 31.8. The summed E-state index contributed by atoms with van der Waals surface area (Å²) in [7, 11) is -4.35. The van der Waals surface area contributed by atoms with Gasteiger partial charge in [-0.25, -0.2) is 18.2 Å². The molecular weight excluding hydrogens is 874 g/mol. The van der Waals surface area contributed by atoms with E-state index in [1.54, 1.807) is 17.2 Å². The van der Waals surface area contributed by atoms with E-state index in [-0.39, 0.29) is 43.3 Å². The van der Waals surface area contributed by atoms with Crippen LogP contribution in [-0.4, -0.2) is 114 Å². The van der Waals surface area contributed by atoms with Crippen LogP contribution in [0.2, 0.25) is 0 Å². The van der Waals surface area contributed by atoms with E-state index < -0.39 is 57.0 Å². The fourth-order valence-electron chi connectivity index (χ4n) is 10.3. The lowest BCUT2D eigenvalue weighted by molar-refractivity contribution is -0.136. The molecule has 0 radical (unpaired) electrons. The van der Waals surface area contributed by atoms with Crippen LogP contribution in [0.4, 0.5) is 24.5 Å². The fourth-order valence-corrected chi connectivity index (χ4v) is 11.6. The molecule has 0 aliphatic carbocycles. The minimum atomic E-state index is -4.35. The summed E-state index contributed by atoms with van der Waals surface area (Å²) in [4.78, 5) is 65.0. The van der Waals surface area contributed by atoms with Crippen molar-refractivity contribution >= 4 is 56.1 Å². The third-order valence-corrected chi connectivity index (χ3v) is 15.6. The van der Waals surface area contributed by atoms with Gasteiger partial charge < -0.3 is 19.7 Å². The third-order valence-electron chi connectivity index (χ3n) is 14.1. The van der Waals surface area contributed by atoms with Crippen LogP contribution in [0.5, 0.6) is 0 Å². The maximum atomic E-state index is 15.8. The molecule has 3 N–H and O–H groups in total. The maximum Gasteiger partial charge on any atom is 0.301 e. The number of halogens is 3. The molecule has 2 aromatic heterocycles. The summed E-state index contributed by atoms with van der Waals surface area (Å²) in [5.74, 6) is -3.40. The monoisotopic (exact) mass is 922 g/mol. The first kappa shape index (κ1) is 43.8. The molecule has 14 nitrogen and oxygen atoms in total. The summed E-state index contributed by atoms with van der Waals surface area (Å²) in [6.07, 6.45) is 6.45. The maximum absolute atomic E-state index is 15.8. The number of nitrogens with zero attached hydrogens (tertiary/aromatic N) is 5. The molecule has 4 saturated heterocycles. The number of fused-ring (bicyclic) bond motifs is 2. The Labute approximate surface area is 379 Å². The number of benzene rings is 3. The molecule has 0 saturated carbocycles. The predicted molar refractivity (Wildman–Crippen MR) is 241 cm³/mol. The second kappa shape index (κ2) is 17.6. The molecule has 10 rings (SSSR count). The molecule has 2 atom stereocenters. The van der Waals surface area contributed by atoms with Gasteiger partial charge >= 0.3 is 10.2 Å². The molecule has 5 aromatic rings. The Balaban J connectivity index is 0.730. The second-order valence-corrected chi connectivity index (χ2v) is 19.8. The van der Waals surface area contributed by atoms with Crippen LogP contribution in [0.1, 0.15) is 88.3 Å². The second-order valence-electron chi connectivity index (χ2n) is 18.2. The van der Waals surface area contributed by atoms with Crippen LogP contribution in [-0.2, 0) is 26.3 Å². The minimum absolute atomic E-state index is 0.00549. The van der Waals surface area contributed by atoms with Crippen molar-refractivity contribution in [1.82, 2.24) is 29.4 Å². The Morgan fingerprint density at radius 1 is 0.864 bits per heavy atom. The first-order valence-electron chi connectivity index (χ1n) is 22.6. The predicted octanol–water partition coefficient (Wildman–Crippen LogP) is 6.30. The van der Waals surface area contributed by atoms with Crippen molar-refractivity contribution in [2.24, 2.45) is 5.92 Å². The molecule has 1 unspecified atom stereocenters. The van der Waals surface area contributed by atoms with Crippen LogP contribution < -0.4 is 14.9 Å². The number of carbonyl (C=O) groups excluding carboxylic acids is 4. The fraction of sp³-hybridized carbons (Fsp3) is 0.396. The highest BCUT2D eigenvalue weighted by atomic mass is 32.2. The van der Waals surface area contributed by atoms with Crippen molar-refractivity contribution in [2.45, 2.75) is 69.6 Å². The first-order valence-corrected chi connectivity index (χ1v) is 24.0. The number of rotatable bonds is 11.